The van der Waals surface area contributed by atoms with Crippen LogP contribution in [-0.2, 0) is 0 Å². The molecule has 0 aliphatic heterocycles. The molecule has 3 rings (SSSR count). The van der Waals surface area contributed by atoms with Gasteiger partial charge in [0.2, 0.25) is 0 Å². The summed E-state index contributed by atoms with van der Waals surface area (Å²) in [4.78, 5) is 0. The van der Waals surface area contributed by atoms with Crippen LogP contribution >= 0.6 is 22.6 Å². The Hall–Kier alpha value is -1.96. The van der Waals surface area contributed by atoms with Gasteiger partial charge in [0.15, 0.2) is 5.82 Å². The summed E-state index contributed by atoms with van der Waals surface area (Å²) in [5, 5.41) is 4.30. The third-order valence-corrected chi connectivity index (χ3v) is 3.74. The molecule has 1 heterocycles. The van der Waals surface area contributed by atoms with Gasteiger partial charge in [-0.2, -0.15) is 5.10 Å². The summed E-state index contributed by atoms with van der Waals surface area (Å²) in [7, 11) is 0. The molecule has 0 aliphatic carbocycles. The van der Waals surface area contributed by atoms with Crippen molar-refractivity contribution < 1.29 is 8.78 Å². The van der Waals surface area contributed by atoms with E-state index in [0.717, 1.165) is 15.2 Å². The van der Waals surface area contributed by atoms with Crippen molar-refractivity contribution in [3.8, 4) is 16.9 Å². The second kappa shape index (κ2) is 5.44. The van der Waals surface area contributed by atoms with Crippen molar-refractivity contribution in [3.63, 3.8) is 0 Å². The Kier molecular flexibility index (Phi) is 3.62. The average Bonchev–Trinajstić information content (AvgIpc) is 2.81. The number of nitrogens with two attached hydrogens (primary N) is 1. The van der Waals surface area contributed by atoms with E-state index < -0.39 is 11.6 Å². The van der Waals surface area contributed by atoms with Crippen LogP contribution < -0.4 is 5.73 Å². The van der Waals surface area contributed by atoms with Gasteiger partial charge in [-0.1, -0.05) is 12.1 Å². The lowest BCUT2D eigenvalue weighted by Crippen LogP contribution is -1.99. The van der Waals surface area contributed by atoms with Crippen LogP contribution in [0.5, 0.6) is 0 Å². The molecule has 6 heteroatoms. The fourth-order valence-electron chi connectivity index (χ4n) is 2.01. The Balaban J connectivity index is 2.07. The smallest absolute Gasteiger partial charge is 0.151 e. The SMILES string of the molecule is Nc1cn(-c2ccc(F)cc2F)nc1-c1ccc(I)cc1. The third kappa shape index (κ3) is 2.76. The zero-order chi connectivity index (χ0) is 15.0. The Morgan fingerprint density at radius 3 is 2.43 bits per heavy atom. The molecular weight excluding hydrogens is 387 g/mol. The molecule has 0 saturated heterocycles. The van der Waals surface area contributed by atoms with Crippen molar-refractivity contribution >= 4 is 28.3 Å². The Labute approximate surface area is 133 Å². The first-order valence-corrected chi connectivity index (χ1v) is 7.19. The monoisotopic (exact) mass is 397 g/mol. The maximum atomic E-state index is 13.8. The summed E-state index contributed by atoms with van der Waals surface area (Å²) in [6, 6.07) is 11.0. The van der Waals surface area contributed by atoms with Crippen molar-refractivity contribution in [2.45, 2.75) is 0 Å². The van der Waals surface area contributed by atoms with Gasteiger partial charge in [-0.15, -0.1) is 0 Å². The van der Waals surface area contributed by atoms with Gasteiger partial charge in [0, 0.05) is 15.2 Å². The topological polar surface area (TPSA) is 43.8 Å². The van der Waals surface area contributed by atoms with E-state index in [9.17, 15) is 8.78 Å². The van der Waals surface area contributed by atoms with E-state index in [1.807, 2.05) is 24.3 Å². The molecule has 0 bridgehead atoms. The molecule has 0 atom stereocenters. The van der Waals surface area contributed by atoms with Crippen LogP contribution in [0.3, 0.4) is 0 Å². The molecule has 106 valence electrons. The van der Waals surface area contributed by atoms with Crippen molar-refractivity contribution in [1.82, 2.24) is 9.78 Å². The molecule has 2 N–H and O–H groups in total. The van der Waals surface area contributed by atoms with E-state index in [-0.39, 0.29) is 5.69 Å². The van der Waals surface area contributed by atoms with Crippen LogP contribution in [0.25, 0.3) is 16.9 Å². The number of aromatic nitrogens is 2. The first-order chi connectivity index (χ1) is 10.0. The maximum absolute atomic E-state index is 13.8. The van der Waals surface area contributed by atoms with Crippen molar-refractivity contribution in [2.24, 2.45) is 0 Å². The second-order valence-corrected chi connectivity index (χ2v) is 5.73. The first-order valence-electron chi connectivity index (χ1n) is 6.11. The summed E-state index contributed by atoms with van der Waals surface area (Å²) in [6.07, 6.45) is 1.52. The van der Waals surface area contributed by atoms with Gasteiger partial charge in [-0.05, 0) is 46.9 Å². The van der Waals surface area contributed by atoms with E-state index in [0.29, 0.717) is 11.4 Å². The minimum Gasteiger partial charge on any atom is -0.396 e. The molecule has 0 spiro atoms. The summed E-state index contributed by atoms with van der Waals surface area (Å²) < 4.78 is 29.2. The zero-order valence-corrected chi connectivity index (χ0v) is 12.9. The fraction of sp³-hybridized carbons (Fsp3) is 0. The lowest BCUT2D eigenvalue weighted by atomic mass is 10.1. The quantitative estimate of drug-likeness (QED) is 0.665. The lowest BCUT2D eigenvalue weighted by Gasteiger charge is -2.03. The van der Waals surface area contributed by atoms with Crippen molar-refractivity contribution in [1.29, 1.82) is 0 Å². The molecule has 3 aromatic rings. The van der Waals surface area contributed by atoms with Gasteiger partial charge in [0.1, 0.15) is 17.2 Å². The Bertz CT molecular complexity index is 797. The molecule has 3 nitrogen and oxygen atoms in total. The number of nitrogen functional groups attached to an aromatic ring is 1. The summed E-state index contributed by atoms with van der Waals surface area (Å²) in [6.45, 7) is 0. The normalized spacial score (nSPS) is 10.8. The molecule has 0 amide bonds. The number of benzene rings is 2. The number of hydrogen-bond acceptors (Lipinski definition) is 2. The van der Waals surface area contributed by atoms with E-state index in [1.54, 1.807) is 0 Å². The first kappa shape index (κ1) is 14.0. The summed E-state index contributed by atoms with van der Waals surface area (Å²) in [5.74, 6) is -1.32. The standard InChI is InChI=1S/C15H10F2IN3/c16-10-3-6-14(12(17)7-10)21-8-13(19)15(20-21)9-1-4-11(18)5-2-9/h1-8H,19H2. The predicted octanol–water partition coefficient (Wildman–Crippen LogP) is 4.00. The van der Waals surface area contributed by atoms with Crippen LogP contribution in [0.2, 0.25) is 0 Å². The van der Waals surface area contributed by atoms with Crippen molar-refractivity contribution in [2.75, 3.05) is 5.73 Å². The fourth-order valence-corrected chi connectivity index (χ4v) is 2.37. The highest BCUT2D eigenvalue weighted by atomic mass is 127. The molecule has 21 heavy (non-hydrogen) atoms. The highest BCUT2D eigenvalue weighted by molar-refractivity contribution is 14.1. The largest absolute Gasteiger partial charge is 0.396 e. The minimum atomic E-state index is -0.688. The van der Waals surface area contributed by atoms with Crippen LogP contribution in [0.1, 0.15) is 0 Å². The third-order valence-electron chi connectivity index (χ3n) is 3.02. The number of nitrogens with zero attached hydrogens (tertiary/aromatic N) is 2. The van der Waals surface area contributed by atoms with Gasteiger partial charge in [0.25, 0.3) is 0 Å². The minimum absolute atomic E-state index is 0.153. The van der Waals surface area contributed by atoms with E-state index in [1.165, 1.54) is 23.0 Å². The van der Waals surface area contributed by atoms with Crippen LogP contribution in [0.4, 0.5) is 14.5 Å². The Morgan fingerprint density at radius 2 is 1.76 bits per heavy atom. The molecule has 0 fully saturated rings. The van der Waals surface area contributed by atoms with E-state index in [2.05, 4.69) is 27.7 Å². The number of anilines is 1. The van der Waals surface area contributed by atoms with E-state index in [4.69, 9.17) is 5.73 Å². The summed E-state index contributed by atoms with van der Waals surface area (Å²) in [5.41, 5.74) is 7.94. The van der Waals surface area contributed by atoms with Crippen molar-refractivity contribution in [3.05, 3.63) is 63.9 Å². The number of rotatable bonds is 2. The molecule has 2 aromatic carbocycles. The second-order valence-electron chi connectivity index (χ2n) is 4.48. The molecule has 1 aromatic heterocycles. The van der Waals surface area contributed by atoms with Gasteiger partial charge in [0.05, 0.1) is 11.9 Å². The van der Waals surface area contributed by atoms with Crippen LogP contribution in [0, 0.1) is 15.2 Å². The van der Waals surface area contributed by atoms with Crippen LogP contribution in [-0.4, -0.2) is 9.78 Å². The molecular formula is C15H10F2IN3. The molecule has 0 radical (unpaired) electrons. The molecule has 0 saturated carbocycles. The Morgan fingerprint density at radius 1 is 1.05 bits per heavy atom. The number of halogens is 3. The average molecular weight is 397 g/mol. The highest BCUT2D eigenvalue weighted by Crippen LogP contribution is 2.26. The van der Waals surface area contributed by atoms with E-state index >= 15 is 0 Å². The zero-order valence-electron chi connectivity index (χ0n) is 10.7. The summed E-state index contributed by atoms with van der Waals surface area (Å²) >= 11 is 2.20. The van der Waals surface area contributed by atoms with Gasteiger partial charge in [-0.25, -0.2) is 13.5 Å². The number of hydrogen-bond donors (Lipinski definition) is 1. The maximum Gasteiger partial charge on any atom is 0.151 e. The van der Waals surface area contributed by atoms with Gasteiger partial charge >= 0.3 is 0 Å². The van der Waals surface area contributed by atoms with Gasteiger partial charge < -0.3 is 5.73 Å². The lowest BCUT2D eigenvalue weighted by molar-refractivity contribution is 0.574. The highest BCUT2D eigenvalue weighted by Gasteiger charge is 2.12. The predicted molar refractivity (Wildman–Crippen MR) is 86.0 cm³/mol. The molecule has 0 aliphatic rings. The van der Waals surface area contributed by atoms with Crippen LogP contribution in [0.15, 0.2) is 48.7 Å². The van der Waals surface area contributed by atoms with Gasteiger partial charge in [-0.3, -0.25) is 0 Å². The molecule has 0 unspecified atom stereocenters.